The van der Waals surface area contributed by atoms with Crippen molar-refractivity contribution in [1.82, 2.24) is 9.78 Å². The fraction of sp³-hybridized carbons (Fsp3) is 0.286. The second kappa shape index (κ2) is 4.12. The number of rotatable bonds is 3. The molecule has 0 N–H and O–H groups in total. The van der Waals surface area contributed by atoms with E-state index in [4.69, 9.17) is 11.6 Å². The summed E-state index contributed by atoms with van der Waals surface area (Å²) in [5.74, 6) is 0. The second-order valence-electron chi connectivity index (χ2n) is 2.71. The Labute approximate surface area is 92.3 Å². The monoisotopic (exact) mass is 255 g/mol. The first kappa shape index (κ1) is 12.5. The highest BCUT2D eigenvalue weighted by Crippen LogP contribution is 2.39. The van der Waals surface area contributed by atoms with Gasteiger partial charge in [-0.3, -0.25) is 10.1 Å². The molecule has 0 unspecified atom stereocenters. The molecule has 5 nitrogen and oxygen atoms in total. The zero-order valence-corrected chi connectivity index (χ0v) is 8.42. The maximum absolute atomic E-state index is 12.5. The van der Waals surface area contributed by atoms with Crippen LogP contribution in [0.15, 0.2) is 12.7 Å². The first-order valence-electron chi connectivity index (χ1n) is 3.87. The summed E-state index contributed by atoms with van der Waals surface area (Å²) in [4.78, 5) is 9.24. The van der Waals surface area contributed by atoms with Gasteiger partial charge in [0.05, 0.1) is 11.5 Å². The van der Waals surface area contributed by atoms with E-state index in [0.717, 1.165) is 6.08 Å². The van der Waals surface area contributed by atoms with E-state index in [-0.39, 0.29) is 6.54 Å². The molecule has 0 amide bonds. The normalized spacial score (nSPS) is 11.5. The van der Waals surface area contributed by atoms with Crippen molar-refractivity contribution < 1.29 is 18.1 Å². The highest BCUT2D eigenvalue weighted by molar-refractivity contribution is 6.31. The van der Waals surface area contributed by atoms with Gasteiger partial charge in [0.25, 0.3) is 0 Å². The second-order valence-corrected chi connectivity index (χ2v) is 3.07. The Hall–Kier alpha value is -1.57. The number of hydrogen-bond donors (Lipinski definition) is 0. The van der Waals surface area contributed by atoms with Gasteiger partial charge in [-0.15, -0.1) is 6.58 Å². The smallest absolute Gasteiger partial charge is 0.258 e. The van der Waals surface area contributed by atoms with Gasteiger partial charge < -0.3 is 0 Å². The molecule has 0 atom stereocenters. The molecule has 1 rings (SSSR count). The van der Waals surface area contributed by atoms with Crippen LogP contribution in [-0.4, -0.2) is 14.7 Å². The number of alkyl halides is 3. The van der Waals surface area contributed by atoms with Crippen LogP contribution in [0.2, 0.25) is 5.15 Å². The molecule has 9 heteroatoms. The number of nitrogens with zero attached hydrogens (tertiary/aromatic N) is 3. The van der Waals surface area contributed by atoms with Gasteiger partial charge >= 0.3 is 11.9 Å². The summed E-state index contributed by atoms with van der Waals surface area (Å²) < 4.78 is 38.0. The van der Waals surface area contributed by atoms with Gasteiger partial charge in [-0.05, 0) is 0 Å². The van der Waals surface area contributed by atoms with E-state index >= 15 is 0 Å². The molecule has 1 aromatic rings. The van der Waals surface area contributed by atoms with E-state index < -0.39 is 27.6 Å². The number of hydrogen-bond acceptors (Lipinski definition) is 3. The third-order valence-corrected chi connectivity index (χ3v) is 1.89. The maximum Gasteiger partial charge on any atom is 0.440 e. The van der Waals surface area contributed by atoms with Gasteiger partial charge in [0, 0.05) is 0 Å². The molecule has 16 heavy (non-hydrogen) atoms. The average molecular weight is 256 g/mol. The van der Waals surface area contributed by atoms with Crippen molar-refractivity contribution in [2.75, 3.05) is 0 Å². The Morgan fingerprint density at radius 2 is 2.19 bits per heavy atom. The lowest BCUT2D eigenvalue weighted by Gasteiger charge is -2.07. The van der Waals surface area contributed by atoms with Crippen LogP contribution < -0.4 is 0 Å². The first-order chi connectivity index (χ1) is 7.29. The summed E-state index contributed by atoms with van der Waals surface area (Å²) in [6.07, 6.45) is -3.77. The molecular formula is C7H5ClF3N3O2. The molecule has 0 aliphatic carbocycles. The molecule has 1 heterocycles. The molecule has 0 saturated carbocycles. The minimum Gasteiger partial charge on any atom is -0.258 e. The Bertz CT molecular complexity index is 441. The molecule has 1 aromatic heterocycles. The fourth-order valence-corrected chi connectivity index (χ4v) is 1.37. The molecule has 0 fully saturated rings. The van der Waals surface area contributed by atoms with Crippen LogP contribution in [-0.2, 0) is 12.7 Å². The Morgan fingerprint density at radius 3 is 2.56 bits per heavy atom. The van der Waals surface area contributed by atoms with Crippen molar-refractivity contribution >= 4 is 17.3 Å². The quantitative estimate of drug-likeness (QED) is 0.474. The summed E-state index contributed by atoms with van der Waals surface area (Å²) in [5, 5.41) is 12.9. The molecule has 0 aliphatic heterocycles. The zero-order valence-electron chi connectivity index (χ0n) is 7.66. The van der Waals surface area contributed by atoms with E-state index in [1.54, 1.807) is 0 Å². The number of halogens is 4. The van der Waals surface area contributed by atoms with Crippen LogP contribution in [0.25, 0.3) is 0 Å². The number of allylic oxidation sites excluding steroid dienone is 1. The van der Waals surface area contributed by atoms with Gasteiger partial charge in [0.1, 0.15) is 0 Å². The van der Waals surface area contributed by atoms with Crippen molar-refractivity contribution in [2.24, 2.45) is 0 Å². The van der Waals surface area contributed by atoms with E-state index in [0.29, 0.717) is 4.68 Å². The molecule has 0 spiro atoms. The summed E-state index contributed by atoms with van der Waals surface area (Å²) in [6, 6.07) is 0. The van der Waals surface area contributed by atoms with Crippen LogP contribution in [0, 0.1) is 10.1 Å². The predicted octanol–water partition coefficient (Wildman–Crippen LogP) is 2.65. The predicted molar refractivity (Wildman–Crippen MR) is 49.1 cm³/mol. The molecule has 0 bridgehead atoms. The maximum atomic E-state index is 12.5. The van der Waals surface area contributed by atoms with Gasteiger partial charge in [0.2, 0.25) is 10.8 Å². The zero-order chi connectivity index (χ0) is 12.5. The van der Waals surface area contributed by atoms with Crippen molar-refractivity contribution in [2.45, 2.75) is 12.7 Å². The van der Waals surface area contributed by atoms with Gasteiger partial charge in [0.15, 0.2) is 0 Å². The summed E-state index contributed by atoms with van der Waals surface area (Å²) in [6.45, 7) is 2.90. The largest absolute Gasteiger partial charge is 0.440 e. The Kier molecular flexibility index (Phi) is 3.22. The van der Waals surface area contributed by atoms with Crippen LogP contribution in [0.1, 0.15) is 5.69 Å². The minimum atomic E-state index is -4.90. The summed E-state index contributed by atoms with van der Waals surface area (Å²) >= 11 is 5.28. The topological polar surface area (TPSA) is 61.0 Å². The van der Waals surface area contributed by atoms with Crippen molar-refractivity contribution in [3.8, 4) is 0 Å². The molecule has 0 aliphatic rings. The SMILES string of the molecule is C=CCn1nc(Cl)c([N+](=O)[O-])c1C(F)(F)F. The Morgan fingerprint density at radius 1 is 1.62 bits per heavy atom. The van der Waals surface area contributed by atoms with Gasteiger partial charge in [-0.25, -0.2) is 4.68 Å². The van der Waals surface area contributed by atoms with Crippen molar-refractivity contribution in [1.29, 1.82) is 0 Å². The summed E-state index contributed by atoms with van der Waals surface area (Å²) in [5.41, 5.74) is -2.72. The van der Waals surface area contributed by atoms with Crippen molar-refractivity contribution in [3.05, 3.63) is 33.6 Å². The molecular weight excluding hydrogens is 251 g/mol. The average Bonchev–Trinajstić information content (AvgIpc) is 2.42. The van der Waals surface area contributed by atoms with Crippen LogP contribution >= 0.6 is 11.6 Å². The van der Waals surface area contributed by atoms with Crippen LogP contribution in [0.5, 0.6) is 0 Å². The van der Waals surface area contributed by atoms with Crippen LogP contribution in [0.4, 0.5) is 18.9 Å². The van der Waals surface area contributed by atoms with Crippen molar-refractivity contribution in [3.63, 3.8) is 0 Å². The molecule has 0 radical (unpaired) electrons. The highest BCUT2D eigenvalue weighted by Gasteiger charge is 2.45. The lowest BCUT2D eigenvalue weighted by Crippen LogP contribution is -2.15. The third-order valence-electron chi connectivity index (χ3n) is 1.64. The van der Waals surface area contributed by atoms with Gasteiger partial charge in [-0.1, -0.05) is 17.7 Å². The van der Waals surface area contributed by atoms with E-state index in [1.807, 2.05) is 0 Å². The lowest BCUT2D eigenvalue weighted by atomic mass is 10.3. The standard InChI is InChI=1S/C7H5ClF3N3O2/c1-2-3-13-5(7(9,10)11)4(14(15)16)6(8)12-13/h2H,1,3H2. The van der Waals surface area contributed by atoms with E-state index in [9.17, 15) is 23.3 Å². The van der Waals surface area contributed by atoms with Crippen LogP contribution in [0.3, 0.4) is 0 Å². The molecule has 0 aromatic carbocycles. The fourth-order valence-electron chi connectivity index (χ4n) is 1.12. The van der Waals surface area contributed by atoms with E-state index in [2.05, 4.69) is 11.7 Å². The minimum absolute atomic E-state index is 0.317. The van der Waals surface area contributed by atoms with Gasteiger partial charge in [-0.2, -0.15) is 18.3 Å². The third kappa shape index (κ3) is 2.16. The highest BCUT2D eigenvalue weighted by atomic mass is 35.5. The molecule has 0 saturated heterocycles. The summed E-state index contributed by atoms with van der Waals surface area (Å²) in [7, 11) is 0. The number of aromatic nitrogens is 2. The van der Waals surface area contributed by atoms with E-state index in [1.165, 1.54) is 0 Å². The Balaban J connectivity index is 3.49. The first-order valence-corrected chi connectivity index (χ1v) is 4.25. The molecule has 88 valence electrons. The number of nitro groups is 1. The lowest BCUT2D eigenvalue weighted by molar-refractivity contribution is -0.388.